The van der Waals surface area contributed by atoms with Crippen LogP contribution in [0.1, 0.15) is 5.56 Å². The van der Waals surface area contributed by atoms with Crippen molar-refractivity contribution in [1.29, 1.82) is 0 Å². The minimum atomic E-state index is 0.786. The second-order valence-electron chi connectivity index (χ2n) is 3.50. The van der Waals surface area contributed by atoms with Gasteiger partial charge in [0, 0.05) is 12.2 Å². The van der Waals surface area contributed by atoms with Crippen LogP contribution < -0.4 is 15.6 Å². The van der Waals surface area contributed by atoms with Crippen molar-refractivity contribution in [2.75, 3.05) is 18.1 Å². The molecule has 0 radical (unpaired) electrons. The maximum Gasteiger partial charge on any atom is 0.144 e. The molecule has 72 valence electrons. The SMILES string of the molecule is c1ccc2c(c1)CNCC1=NNCN12. The summed E-state index contributed by atoms with van der Waals surface area (Å²) in [5, 5.41) is 7.61. The fraction of sp³-hybridized carbons (Fsp3) is 0.300. The third-order valence-corrected chi connectivity index (χ3v) is 2.63. The predicted octanol–water partition coefficient (Wildman–Crippen LogP) is 0.470. The zero-order chi connectivity index (χ0) is 9.38. The van der Waals surface area contributed by atoms with Crippen molar-refractivity contribution in [2.24, 2.45) is 5.10 Å². The zero-order valence-corrected chi connectivity index (χ0v) is 7.83. The molecular formula is C10H12N4. The van der Waals surface area contributed by atoms with E-state index >= 15 is 0 Å². The summed E-state index contributed by atoms with van der Waals surface area (Å²) in [6.45, 7) is 2.54. The summed E-state index contributed by atoms with van der Waals surface area (Å²) in [4.78, 5) is 2.22. The summed E-state index contributed by atoms with van der Waals surface area (Å²) < 4.78 is 0. The first kappa shape index (κ1) is 7.82. The Kier molecular flexibility index (Phi) is 1.67. The Morgan fingerprint density at radius 2 is 2.14 bits per heavy atom. The van der Waals surface area contributed by atoms with Crippen molar-refractivity contribution < 1.29 is 0 Å². The highest BCUT2D eigenvalue weighted by atomic mass is 15.5. The van der Waals surface area contributed by atoms with E-state index in [2.05, 4.69) is 45.0 Å². The first-order valence-electron chi connectivity index (χ1n) is 4.81. The molecule has 0 bridgehead atoms. The molecule has 0 unspecified atom stereocenters. The molecule has 0 atom stereocenters. The molecule has 4 nitrogen and oxygen atoms in total. The molecule has 1 aromatic rings. The highest BCUT2D eigenvalue weighted by molar-refractivity contribution is 6.01. The van der Waals surface area contributed by atoms with E-state index in [1.54, 1.807) is 0 Å². The van der Waals surface area contributed by atoms with Gasteiger partial charge in [0.1, 0.15) is 12.5 Å². The third-order valence-electron chi connectivity index (χ3n) is 2.63. The standard InChI is InChI=1S/C10H12N4/c1-2-4-9-8(3-1)5-11-6-10-13-12-7-14(9)10/h1-4,11-12H,5-7H2. The number of rotatable bonds is 0. The molecule has 0 spiro atoms. The number of para-hydroxylation sites is 1. The summed E-state index contributed by atoms with van der Waals surface area (Å²) in [7, 11) is 0. The Morgan fingerprint density at radius 1 is 1.21 bits per heavy atom. The van der Waals surface area contributed by atoms with Crippen LogP contribution in [0.25, 0.3) is 0 Å². The number of hydrogen-bond donors (Lipinski definition) is 2. The largest absolute Gasteiger partial charge is 0.308 e. The van der Waals surface area contributed by atoms with E-state index in [0.717, 1.165) is 25.6 Å². The molecule has 0 aliphatic carbocycles. The fourth-order valence-corrected chi connectivity index (χ4v) is 1.94. The monoisotopic (exact) mass is 188 g/mol. The topological polar surface area (TPSA) is 39.7 Å². The molecule has 0 amide bonds. The van der Waals surface area contributed by atoms with Crippen LogP contribution in [0, 0.1) is 0 Å². The van der Waals surface area contributed by atoms with E-state index in [-0.39, 0.29) is 0 Å². The van der Waals surface area contributed by atoms with E-state index in [1.165, 1.54) is 11.3 Å². The Hall–Kier alpha value is -1.55. The Balaban J connectivity index is 2.10. The first-order chi connectivity index (χ1) is 6.95. The Bertz CT molecular complexity index is 385. The molecule has 2 heterocycles. The second-order valence-corrected chi connectivity index (χ2v) is 3.50. The van der Waals surface area contributed by atoms with Gasteiger partial charge in [-0.2, -0.15) is 5.10 Å². The van der Waals surface area contributed by atoms with Crippen LogP contribution in [0.2, 0.25) is 0 Å². The molecule has 2 aliphatic heterocycles. The number of benzene rings is 1. The molecule has 0 saturated carbocycles. The summed E-state index contributed by atoms with van der Waals surface area (Å²) in [6, 6.07) is 8.45. The number of hydrazone groups is 1. The summed E-state index contributed by atoms with van der Waals surface area (Å²) >= 11 is 0. The van der Waals surface area contributed by atoms with E-state index < -0.39 is 0 Å². The van der Waals surface area contributed by atoms with Crippen LogP contribution in [0.15, 0.2) is 29.4 Å². The lowest BCUT2D eigenvalue weighted by atomic mass is 10.1. The molecule has 3 rings (SSSR count). The summed E-state index contributed by atoms with van der Waals surface area (Å²) in [5.74, 6) is 1.08. The normalized spacial score (nSPS) is 19.1. The maximum atomic E-state index is 4.25. The Morgan fingerprint density at radius 3 is 3.14 bits per heavy atom. The molecule has 2 aliphatic rings. The van der Waals surface area contributed by atoms with E-state index in [4.69, 9.17) is 0 Å². The molecule has 1 aromatic carbocycles. The molecule has 2 N–H and O–H groups in total. The second kappa shape index (κ2) is 2.99. The van der Waals surface area contributed by atoms with Crippen molar-refractivity contribution in [3.8, 4) is 0 Å². The lowest BCUT2D eigenvalue weighted by molar-refractivity contribution is 0.774. The lowest BCUT2D eigenvalue weighted by Gasteiger charge is -2.18. The van der Waals surface area contributed by atoms with Crippen LogP contribution >= 0.6 is 0 Å². The molecule has 0 fully saturated rings. The van der Waals surface area contributed by atoms with Crippen LogP contribution in [0.5, 0.6) is 0 Å². The van der Waals surface area contributed by atoms with Crippen LogP contribution in [-0.2, 0) is 6.54 Å². The highest BCUT2D eigenvalue weighted by Crippen LogP contribution is 2.23. The van der Waals surface area contributed by atoms with Crippen molar-refractivity contribution in [2.45, 2.75) is 6.54 Å². The quantitative estimate of drug-likeness (QED) is 0.621. The van der Waals surface area contributed by atoms with E-state index in [9.17, 15) is 0 Å². The lowest BCUT2D eigenvalue weighted by Crippen LogP contribution is -2.33. The fourth-order valence-electron chi connectivity index (χ4n) is 1.94. The number of anilines is 1. The van der Waals surface area contributed by atoms with Crippen LogP contribution in [0.3, 0.4) is 0 Å². The van der Waals surface area contributed by atoms with Gasteiger partial charge in [-0.05, 0) is 11.6 Å². The maximum absolute atomic E-state index is 4.25. The summed E-state index contributed by atoms with van der Waals surface area (Å²) in [5.41, 5.74) is 5.61. The minimum absolute atomic E-state index is 0.786. The van der Waals surface area contributed by atoms with E-state index in [0.29, 0.717) is 0 Å². The van der Waals surface area contributed by atoms with Gasteiger partial charge in [0.25, 0.3) is 0 Å². The van der Waals surface area contributed by atoms with Gasteiger partial charge in [-0.15, -0.1) is 0 Å². The minimum Gasteiger partial charge on any atom is -0.308 e. The smallest absolute Gasteiger partial charge is 0.144 e. The third kappa shape index (κ3) is 1.08. The van der Waals surface area contributed by atoms with Gasteiger partial charge in [0.15, 0.2) is 0 Å². The number of fused-ring (bicyclic) bond motifs is 3. The number of hydrogen-bond acceptors (Lipinski definition) is 4. The molecule has 14 heavy (non-hydrogen) atoms. The average molecular weight is 188 g/mol. The number of nitrogens with one attached hydrogen (secondary N) is 2. The molecule has 0 aromatic heterocycles. The number of nitrogens with zero attached hydrogens (tertiary/aromatic N) is 2. The van der Waals surface area contributed by atoms with Crippen molar-refractivity contribution in [3.05, 3.63) is 29.8 Å². The number of amidine groups is 1. The molecular weight excluding hydrogens is 176 g/mol. The van der Waals surface area contributed by atoms with Gasteiger partial charge in [-0.3, -0.25) is 5.43 Å². The first-order valence-corrected chi connectivity index (χ1v) is 4.81. The average Bonchev–Trinajstić information content (AvgIpc) is 2.61. The van der Waals surface area contributed by atoms with Crippen molar-refractivity contribution in [1.82, 2.24) is 10.7 Å². The van der Waals surface area contributed by atoms with Gasteiger partial charge < -0.3 is 10.2 Å². The van der Waals surface area contributed by atoms with Crippen LogP contribution in [0.4, 0.5) is 5.69 Å². The highest BCUT2D eigenvalue weighted by Gasteiger charge is 2.22. The van der Waals surface area contributed by atoms with Gasteiger partial charge in [-0.1, -0.05) is 18.2 Å². The Labute approximate surface area is 82.6 Å². The van der Waals surface area contributed by atoms with Gasteiger partial charge in [0.2, 0.25) is 0 Å². The zero-order valence-electron chi connectivity index (χ0n) is 7.83. The molecule has 0 saturated heterocycles. The van der Waals surface area contributed by atoms with Gasteiger partial charge in [-0.25, -0.2) is 0 Å². The summed E-state index contributed by atoms with van der Waals surface area (Å²) in [6.07, 6.45) is 0. The van der Waals surface area contributed by atoms with Gasteiger partial charge in [0.05, 0.1) is 6.54 Å². The van der Waals surface area contributed by atoms with E-state index in [1.807, 2.05) is 0 Å². The van der Waals surface area contributed by atoms with Crippen molar-refractivity contribution >= 4 is 11.5 Å². The molecule has 4 heteroatoms. The predicted molar refractivity (Wildman–Crippen MR) is 56.1 cm³/mol. The van der Waals surface area contributed by atoms with Crippen molar-refractivity contribution in [3.63, 3.8) is 0 Å². The van der Waals surface area contributed by atoms with Gasteiger partial charge >= 0.3 is 0 Å². The van der Waals surface area contributed by atoms with Crippen LogP contribution in [-0.4, -0.2) is 19.0 Å².